The van der Waals surface area contributed by atoms with Crippen LogP contribution in [0, 0.1) is 0 Å². The number of hydrogen-bond donors (Lipinski definition) is 0. The lowest BCUT2D eigenvalue weighted by Gasteiger charge is -2.24. The number of tetrazole rings is 1. The highest BCUT2D eigenvalue weighted by Crippen LogP contribution is 2.19. The van der Waals surface area contributed by atoms with Crippen LogP contribution < -0.4 is 0 Å². The van der Waals surface area contributed by atoms with Gasteiger partial charge in [-0.2, -0.15) is 9.90 Å². The molecule has 1 unspecified atom stereocenters. The van der Waals surface area contributed by atoms with Crippen molar-refractivity contribution in [2.45, 2.75) is 32.0 Å². The lowest BCUT2D eigenvalue weighted by Crippen LogP contribution is -2.40. The Morgan fingerprint density at radius 1 is 1.20 bits per heavy atom. The normalized spacial score (nSPS) is 17.1. The molecule has 8 heteroatoms. The Labute approximate surface area is 145 Å². The van der Waals surface area contributed by atoms with Gasteiger partial charge in [0, 0.05) is 24.5 Å². The predicted octanol–water partition coefficient (Wildman–Crippen LogP) is 1.23. The molecule has 0 aliphatic carbocycles. The molecule has 0 spiro atoms. The monoisotopic (exact) mass is 337 g/mol. The zero-order valence-electron chi connectivity index (χ0n) is 13.8. The molecule has 128 valence electrons. The fourth-order valence-corrected chi connectivity index (χ4v) is 3.20. The maximum Gasteiger partial charge on any atom is 0.246 e. The van der Waals surface area contributed by atoms with Gasteiger partial charge < -0.3 is 4.90 Å². The fraction of sp³-hybridized carbons (Fsp3) is 0.353. The highest BCUT2D eigenvalue weighted by atomic mass is 16.2. The maximum absolute atomic E-state index is 12.7. The van der Waals surface area contributed by atoms with Crippen LogP contribution in [-0.2, 0) is 17.9 Å². The number of amides is 1. The number of hydrogen-bond acceptors (Lipinski definition) is 5. The van der Waals surface area contributed by atoms with E-state index in [1.165, 1.54) is 4.80 Å². The van der Waals surface area contributed by atoms with Crippen molar-refractivity contribution in [2.24, 2.45) is 0 Å². The molecule has 1 aliphatic rings. The molecule has 2 aromatic heterocycles. The second kappa shape index (κ2) is 6.84. The summed E-state index contributed by atoms with van der Waals surface area (Å²) < 4.78 is 1.87. The van der Waals surface area contributed by atoms with Gasteiger partial charge in [0.05, 0.1) is 12.6 Å². The van der Waals surface area contributed by atoms with Gasteiger partial charge >= 0.3 is 0 Å². The minimum atomic E-state index is 0.0201. The van der Waals surface area contributed by atoms with E-state index < -0.39 is 0 Å². The Hall–Kier alpha value is -3.03. The second-order valence-electron chi connectivity index (χ2n) is 6.12. The minimum Gasteiger partial charge on any atom is -0.336 e. The highest BCUT2D eigenvalue weighted by Gasteiger charge is 2.29. The molecular formula is C17H19N7O. The lowest BCUT2D eigenvalue weighted by molar-refractivity contribution is -0.133. The summed E-state index contributed by atoms with van der Waals surface area (Å²) >= 11 is 0. The summed E-state index contributed by atoms with van der Waals surface area (Å²) in [6.45, 7) is 1.60. The van der Waals surface area contributed by atoms with Crippen LogP contribution >= 0.6 is 0 Å². The molecule has 0 bridgehead atoms. The van der Waals surface area contributed by atoms with E-state index in [1.807, 2.05) is 52.2 Å². The predicted molar refractivity (Wildman–Crippen MR) is 90.2 cm³/mol. The van der Waals surface area contributed by atoms with Gasteiger partial charge in [0.15, 0.2) is 0 Å². The number of likely N-dealkylation sites (tertiary alicyclic amines) is 1. The van der Waals surface area contributed by atoms with Crippen LogP contribution in [-0.4, -0.2) is 53.4 Å². The van der Waals surface area contributed by atoms with E-state index in [1.54, 1.807) is 6.20 Å². The van der Waals surface area contributed by atoms with Crippen LogP contribution in [0.15, 0.2) is 48.8 Å². The average Bonchev–Trinajstić information content (AvgIpc) is 3.38. The number of nitrogens with zero attached hydrogens (tertiary/aromatic N) is 7. The molecule has 1 aromatic carbocycles. The summed E-state index contributed by atoms with van der Waals surface area (Å²) in [6, 6.07) is 11.7. The molecule has 1 aliphatic heterocycles. The number of carbonyl (C=O) groups excluding carboxylic acids is 1. The van der Waals surface area contributed by atoms with Gasteiger partial charge in [-0.15, -0.1) is 10.2 Å². The van der Waals surface area contributed by atoms with E-state index in [4.69, 9.17) is 0 Å². The quantitative estimate of drug-likeness (QED) is 0.699. The van der Waals surface area contributed by atoms with E-state index in [2.05, 4.69) is 20.5 Å². The SMILES string of the molecule is O=C(Cn1nnc(-c2ccccc2)n1)N1CCCC1Cn1cccn1. The molecule has 3 heterocycles. The van der Waals surface area contributed by atoms with Crippen LogP contribution in [0.25, 0.3) is 11.4 Å². The Kier molecular flexibility index (Phi) is 4.24. The standard InChI is InChI=1S/C17H19N7O/c25-16(23-11-4-8-15(23)12-22-10-5-9-18-22)13-24-20-17(19-21-24)14-6-2-1-3-7-14/h1-3,5-7,9-10,15H,4,8,11-13H2. The Morgan fingerprint density at radius 2 is 2.08 bits per heavy atom. The van der Waals surface area contributed by atoms with Gasteiger partial charge in [0.25, 0.3) is 0 Å². The van der Waals surface area contributed by atoms with Crippen molar-refractivity contribution in [3.63, 3.8) is 0 Å². The first-order valence-corrected chi connectivity index (χ1v) is 8.40. The van der Waals surface area contributed by atoms with Crippen molar-refractivity contribution < 1.29 is 4.79 Å². The summed E-state index contributed by atoms with van der Waals surface area (Å²) in [5.41, 5.74) is 0.888. The van der Waals surface area contributed by atoms with Crippen molar-refractivity contribution in [3.8, 4) is 11.4 Å². The zero-order chi connectivity index (χ0) is 17.1. The van der Waals surface area contributed by atoms with E-state index in [0.29, 0.717) is 5.82 Å². The fourth-order valence-electron chi connectivity index (χ4n) is 3.20. The molecule has 1 fully saturated rings. The Morgan fingerprint density at radius 3 is 2.88 bits per heavy atom. The smallest absolute Gasteiger partial charge is 0.246 e. The average molecular weight is 337 g/mol. The second-order valence-corrected chi connectivity index (χ2v) is 6.12. The van der Waals surface area contributed by atoms with Crippen molar-refractivity contribution in [1.29, 1.82) is 0 Å². The van der Waals surface area contributed by atoms with Gasteiger partial charge in [0.2, 0.25) is 11.7 Å². The molecule has 4 rings (SSSR count). The third-order valence-electron chi connectivity index (χ3n) is 4.42. The topological polar surface area (TPSA) is 81.7 Å². The number of aromatic nitrogens is 6. The van der Waals surface area contributed by atoms with Crippen LogP contribution in [0.4, 0.5) is 0 Å². The first-order valence-electron chi connectivity index (χ1n) is 8.40. The summed E-state index contributed by atoms with van der Waals surface area (Å²) in [5, 5.41) is 16.6. The van der Waals surface area contributed by atoms with Crippen molar-refractivity contribution in [1.82, 2.24) is 34.9 Å². The van der Waals surface area contributed by atoms with Crippen LogP contribution in [0.2, 0.25) is 0 Å². The summed E-state index contributed by atoms with van der Waals surface area (Å²) in [4.78, 5) is 15.9. The van der Waals surface area contributed by atoms with E-state index >= 15 is 0 Å². The van der Waals surface area contributed by atoms with Crippen LogP contribution in [0.5, 0.6) is 0 Å². The molecule has 1 atom stereocenters. The molecule has 3 aromatic rings. The molecule has 0 N–H and O–H groups in total. The number of carbonyl (C=O) groups is 1. The summed E-state index contributed by atoms with van der Waals surface area (Å²) in [7, 11) is 0. The minimum absolute atomic E-state index is 0.0201. The lowest BCUT2D eigenvalue weighted by atomic mass is 10.2. The first-order chi connectivity index (χ1) is 12.3. The molecule has 0 saturated carbocycles. The van der Waals surface area contributed by atoms with Gasteiger partial charge in [0.1, 0.15) is 6.54 Å². The van der Waals surface area contributed by atoms with E-state index in [0.717, 1.165) is 31.5 Å². The van der Waals surface area contributed by atoms with Crippen molar-refractivity contribution in [2.75, 3.05) is 6.54 Å². The van der Waals surface area contributed by atoms with Gasteiger partial charge in [-0.25, -0.2) is 0 Å². The maximum atomic E-state index is 12.7. The third-order valence-corrected chi connectivity index (χ3v) is 4.42. The Bertz CT molecular complexity index is 828. The number of rotatable bonds is 5. The molecule has 25 heavy (non-hydrogen) atoms. The first kappa shape index (κ1) is 15.5. The third kappa shape index (κ3) is 3.42. The van der Waals surface area contributed by atoms with E-state index in [-0.39, 0.29) is 18.5 Å². The summed E-state index contributed by atoms with van der Waals surface area (Å²) in [5.74, 6) is 0.551. The van der Waals surface area contributed by atoms with Gasteiger partial charge in [-0.1, -0.05) is 30.3 Å². The van der Waals surface area contributed by atoms with Gasteiger partial charge in [-0.3, -0.25) is 9.48 Å². The Balaban J connectivity index is 1.42. The molecule has 8 nitrogen and oxygen atoms in total. The number of benzene rings is 1. The molecule has 1 saturated heterocycles. The van der Waals surface area contributed by atoms with Crippen molar-refractivity contribution >= 4 is 5.91 Å². The van der Waals surface area contributed by atoms with E-state index in [9.17, 15) is 4.79 Å². The van der Waals surface area contributed by atoms with Gasteiger partial charge in [-0.05, 0) is 24.1 Å². The molecule has 1 amide bonds. The zero-order valence-corrected chi connectivity index (χ0v) is 13.8. The molecule has 0 radical (unpaired) electrons. The van der Waals surface area contributed by atoms with Crippen LogP contribution in [0.1, 0.15) is 12.8 Å². The highest BCUT2D eigenvalue weighted by molar-refractivity contribution is 5.76. The largest absolute Gasteiger partial charge is 0.336 e. The van der Waals surface area contributed by atoms with Crippen LogP contribution in [0.3, 0.4) is 0 Å². The summed E-state index contributed by atoms with van der Waals surface area (Å²) in [6.07, 6.45) is 5.68. The molecular weight excluding hydrogens is 318 g/mol. The van der Waals surface area contributed by atoms with Crippen molar-refractivity contribution in [3.05, 3.63) is 48.8 Å².